The SMILES string of the molecule is CC(C)NCCOCCOCCC(=O)N[C@@H](CCCCNC(=O)[C@H](N)CSC1CC(=O)N(CC2CCC(C(=O)C(C)C)CC2)C1=O)C(N)=O. The van der Waals surface area contributed by atoms with Gasteiger partial charge in [-0.2, -0.15) is 0 Å². The average Bonchev–Trinajstić information content (AvgIpc) is 3.32. The van der Waals surface area contributed by atoms with Crippen molar-refractivity contribution >= 4 is 47.1 Å². The summed E-state index contributed by atoms with van der Waals surface area (Å²) in [6, 6.07) is -1.28. The van der Waals surface area contributed by atoms with E-state index < -0.39 is 23.2 Å². The second-order valence-electron chi connectivity index (χ2n) is 13.6. The Labute approximate surface area is 295 Å². The van der Waals surface area contributed by atoms with Gasteiger partial charge in [0.1, 0.15) is 11.8 Å². The smallest absolute Gasteiger partial charge is 0.242 e. The normalized spacial score (nSPS) is 20.9. The summed E-state index contributed by atoms with van der Waals surface area (Å²) >= 11 is 1.22. The van der Waals surface area contributed by atoms with Crippen molar-refractivity contribution in [3.8, 4) is 0 Å². The van der Waals surface area contributed by atoms with Crippen molar-refractivity contribution in [3.05, 3.63) is 0 Å². The number of nitrogens with one attached hydrogen (secondary N) is 3. The summed E-state index contributed by atoms with van der Waals surface area (Å²) in [5.74, 6) is -0.998. The molecule has 49 heavy (non-hydrogen) atoms. The number of ketones is 1. The number of primary amides is 1. The Balaban J connectivity index is 1.58. The molecule has 2 fully saturated rings. The molecule has 0 aromatic carbocycles. The molecule has 7 N–H and O–H groups in total. The highest BCUT2D eigenvalue weighted by Gasteiger charge is 2.41. The number of thioether (sulfide) groups is 1. The van der Waals surface area contributed by atoms with Gasteiger partial charge in [0.2, 0.25) is 29.5 Å². The monoisotopic (exact) mass is 712 g/mol. The number of nitrogens with zero attached hydrogens (tertiary/aromatic N) is 1. The molecule has 1 aliphatic heterocycles. The van der Waals surface area contributed by atoms with Crippen LogP contribution < -0.4 is 27.4 Å². The lowest BCUT2D eigenvalue weighted by Gasteiger charge is -2.30. The Hall–Kier alpha value is -2.59. The fourth-order valence-electron chi connectivity index (χ4n) is 5.90. The maximum atomic E-state index is 13.0. The first-order valence-electron chi connectivity index (χ1n) is 17.8. The van der Waals surface area contributed by atoms with E-state index in [-0.39, 0.29) is 66.6 Å². The molecule has 2 rings (SSSR count). The quantitative estimate of drug-likeness (QED) is 0.0662. The van der Waals surface area contributed by atoms with E-state index in [1.165, 1.54) is 16.7 Å². The van der Waals surface area contributed by atoms with Crippen LogP contribution in [0, 0.1) is 17.8 Å². The van der Waals surface area contributed by atoms with Gasteiger partial charge in [-0.1, -0.05) is 27.7 Å². The third-order valence-electron chi connectivity index (χ3n) is 8.82. The van der Waals surface area contributed by atoms with Gasteiger partial charge in [-0.3, -0.25) is 33.7 Å². The lowest BCUT2D eigenvalue weighted by molar-refractivity contribution is -0.139. The molecule has 5 amide bonds. The lowest BCUT2D eigenvalue weighted by atomic mass is 9.77. The maximum Gasteiger partial charge on any atom is 0.242 e. The van der Waals surface area contributed by atoms with E-state index in [2.05, 4.69) is 29.8 Å². The molecule has 280 valence electrons. The summed E-state index contributed by atoms with van der Waals surface area (Å²) in [6.45, 7) is 11.0. The number of ether oxygens (including phenoxy) is 2. The molecule has 14 nitrogen and oxygen atoms in total. The second-order valence-corrected chi connectivity index (χ2v) is 14.9. The number of hydrogen-bond donors (Lipinski definition) is 5. The summed E-state index contributed by atoms with van der Waals surface area (Å²) in [5, 5.41) is 8.09. The molecule has 0 aromatic heterocycles. The van der Waals surface area contributed by atoms with E-state index in [1.807, 2.05) is 13.8 Å². The number of likely N-dealkylation sites (tertiary alicyclic amines) is 1. The highest BCUT2D eigenvalue weighted by molar-refractivity contribution is 8.00. The molecule has 15 heteroatoms. The number of imide groups is 1. The second kappa shape index (κ2) is 23.0. The van der Waals surface area contributed by atoms with Crippen LogP contribution in [0.5, 0.6) is 0 Å². The first kappa shape index (κ1) is 42.6. The zero-order chi connectivity index (χ0) is 36.3. The molecule has 2 aliphatic rings. The molecule has 3 atom stereocenters. The van der Waals surface area contributed by atoms with Crippen LogP contribution in [0.1, 0.15) is 85.5 Å². The summed E-state index contributed by atoms with van der Waals surface area (Å²) in [5.41, 5.74) is 11.5. The van der Waals surface area contributed by atoms with Gasteiger partial charge in [0.25, 0.3) is 0 Å². The van der Waals surface area contributed by atoms with Crippen molar-refractivity contribution in [1.82, 2.24) is 20.9 Å². The first-order valence-corrected chi connectivity index (χ1v) is 18.8. The molecule has 1 aliphatic carbocycles. The Morgan fingerprint density at radius 1 is 0.939 bits per heavy atom. The predicted molar refractivity (Wildman–Crippen MR) is 188 cm³/mol. The van der Waals surface area contributed by atoms with Crippen molar-refractivity contribution in [2.45, 2.75) is 109 Å². The number of nitrogens with two attached hydrogens (primary N) is 2. The topological polar surface area (TPSA) is 212 Å². The minimum Gasteiger partial charge on any atom is -0.379 e. The lowest BCUT2D eigenvalue weighted by Crippen LogP contribution is -2.45. The molecule has 1 unspecified atom stereocenters. The molecule has 1 heterocycles. The minimum atomic E-state index is -0.857. The van der Waals surface area contributed by atoms with Gasteiger partial charge in [-0.05, 0) is 50.9 Å². The van der Waals surface area contributed by atoms with Crippen LogP contribution in [-0.4, -0.2) is 115 Å². The maximum absolute atomic E-state index is 13.0. The van der Waals surface area contributed by atoms with Crippen LogP contribution in [0.2, 0.25) is 0 Å². The molecule has 1 saturated heterocycles. The fraction of sp³-hybridized carbons (Fsp3) is 0.824. The minimum absolute atomic E-state index is 0.0205. The molecule has 0 aromatic rings. The van der Waals surface area contributed by atoms with E-state index in [1.54, 1.807) is 0 Å². The zero-order valence-electron chi connectivity index (χ0n) is 29.8. The largest absolute Gasteiger partial charge is 0.379 e. The number of carbonyl (C=O) groups excluding carboxylic acids is 6. The summed E-state index contributed by atoms with van der Waals surface area (Å²) in [7, 11) is 0. The van der Waals surface area contributed by atoms with Crippen molar-refractivity contribution in [2.24, 2.45) is 29.2 Å². The van der Waals surface area contributed by atoms with Gasteiger partial charge in [0.15, 0.2) is 0 Å². The number of Topliss-reactive ketones (excluding diaryl/α,β-unsaturated/α-hetero) is 1. The number of rotatable bonds is 25. The van der Waals surface area contributed by atoms with Gasteiger partial charge >= 0.3 is 0 Å². The number of amides is 5. The molecular formula is C34H60N6O8S. The van der Waals surface area contributed by atoms with E-state index in [4.69, 9.17) is 20.9 Å². The summed E-state index contributed by atoms with van der Waals surface area (Å²) in [6.07, 6.45) is 4.82. The van der Waals surface area contributed by atoms with Crippen LogP contribution >= 0.6 is 11.8 Å². The van der Waals surface area contributed by atoms with Crippen LogP contribution in [0.3, 0.4) is 0 Å². The highest BCUT2D eigenvalue weighted by Crippen LogP contribution is 2.33. The summed E-state index contributed by atoms with van der Waals surface area (Å²) in [4.78, 5) is 75.9. The van der Waals surface area contributed by atoms with Gasteiger partial charge in [-0.25, -0.2) is 0 Å². The van der Waals surface area contributed by atoms with Gasteiger partial charge in [0, 0.05) is 56.1 Å². The van der Waals surface area contributed by atoms with Crippen LogP contribution in [0.25, 0.3) is 0 Å². The number of unbranched alkanes of at least 4 members (excludes halogenated alkanes) is 1. The third kappa shape index (κ3) is 16.3. The Bertz CT molecular complexity index is 1080. The molecule has 0 spiro atoms. The molecule has 1 saturated carbocycles. The van der Waals surface area contributed by atoms with Crippen molar-refractivity contribution in [3.63, 3.8) is 0 Å². The van der Waals surface area contributed by atoms with Crippen molar-refractivity contribution in [2.75, 3.05) is 51.8 Å². The van der Waals surface area contributed by atoms with E-state index in [9.17, 15) is 28.8 Å². The van der Waals surface area contributed by atoms with Gasteiger partial charge in [-0.15, -0.1) is 11.8 Å². The fourth-order valence-corrected chi connectivity index (χ4v) is 7.03. The standard InChI is InChI=1S/C34H60N6O8S/c1-22(2)31(43)25-10-8-24(9-11-25)20-40-30(42)19-28(34(40)46)49-21-26(35)33(45)38-13-6-5-7-27(32(36)44)39-29(41)12-15-47-17-18-48-16-14-37-23(3)4/h22-28,37H,5-21,35H2,1-4H3,(H2,36,44)(H,38,45)(H,39,41)/t24?,25?,26-,27+,28?/m1/s1. The van der Waals surface area contributed by atoms with E-state index in [0.29, 0.717) is 64.0 Å². The van der Waals surface area contributed by atoms with E-state index >= 15 is 0 Å². The third-order valence-corrected chi connectivity index (χ3v) is 10.1. The molecule has 0 radical (unpaired) electrons. The van der Waals surface area contributed by atoms with Gasteiger partial charge in [0.05, 0.1) is 37.7 Å². The van der Waals surface area contributed by atoms with Crippen LogP contribution in [0.4, 0.5) is 0 Å². The van der Waals surface area contributed by atoms with Crippen LogP contribution in [0.15, 0.2) is 0 Å². The highest BCUT2D eigenvalue weighted by atomic mass is 32.2. The molecule has 0 bridgehead atoms. The van der Waals surface area contributed by atoms with Crippen molar-refractivity contribution < 1.29 is 38.2 Å². The predicted octanol–water partition coefficient (Wildman–Crippen LogP) is 0.884. The van der Waals surface area contributed by atoms with Gasteiger partial charge < -0.3 is 36.9 Å². The number of hydrogen-bond acceptors (Lipinski definition) is 11. The van der Waals surface area contributed by atoms with E-state index in [0.717, 1.165) is 32.2 Å². The zero-order valence-corrected chi connectivity index (χ0v) is 30.7. The molecular weight excluding hydrogens is 652 g/mol. The Morgan fingerprint density at radius 3 is 2.24 bits per heavy atom. The van der Waals surface area contributed by atoms with Crippen molar-refractivity contribution in [1.29, 1.82) is 0 Å². The number of carbonyl (C=O) groups is 6. The Kier molecular flexibility index (Phi) is 20.0. The average molecular weight is 713 g/mol. The summed E-state index contributed by atoms with van der Waals surface area (Å²) < 4.78 is 10.9. The first-order chi connectivity index (χ1) is 23.3. The van der Waals surface area contributed by atoms with Crippen LogP contribution in [-0.2, 0) is 38.2 Å². The Morgan fingerprint density at radius 2 is 1.61 bits per heavy atom.